The van der Waals surface area contributed by atoms with Crippen LogP contribution in [0.15, 0.2) is 46.9 Å². The highest BCUT2D eigenvalue weighted by atomic mass is 79.9. The fourth-order valence-corrected chi connectivity index (χ4v) is 2.38. The maximum Gasteiger partial charge on any atom is 0.123 e. The van der Waals surface area contributed by atoms with Gasteiger partial charge in [-0.1, -0.05) is 52.4 Å². The largest absolute Gasteiger partial charge is 0.389 e. The highest BCUT2D eigenvalue weighted by molar-refractivity contribution is 9.10. The summed E-state index contributed by atoms with van der Waals surface area (Å²) in [4.78, 5) is 0.170. The number of ether oxygens (including phenoxy) is 1. The molecule has 0 spiro atoms. The molecule has 0 unspecified atom stereocenters. The molecule has 0 aromatic heterocycles. The zero-order valence-electron chi connectivity index (χ0n) is 10.6. The zero-order valence-corrected chi connectivity index (χ0v) is 13.0. The average Bonchev–Trinajstić information content (AvgIpc) is 2.42. The predicted octanol–water partition coefficient (Wildman–Crippen LogP) is 3.94. The van der Waals surface area contributed by atoms with Gasteiger partial charge in [-0.15, -0.1) is 0 Å². The van der Waals surface area contributed by atoms with Gasteiger partial charge in [0.1, 0.15) is 10.8 Å². The Hall–Kier alpha value is -1.30. The molecule has 0 bridgehead atoms. The molecule has 0 atom stereocenters. The van der Waals surface area contributed by atoms with Crippen molar-refractivity contribution < 1.29 is 9.13 Å². The van der Waals surface area contributed by atoms with Gasteiger partial charge in [0.15, 0.2) is 0 Å². The van der Waals surface area contributed by atoms with E-state index in [0.29, 0.717) is 18.8 Å². The molecule has 20 heavy (non-hydrogen) atoms. The number of thiocarbonyl (C=S) groups is 1. The Morgan fingerprint density at radius 3 is 2.55 bits per heavy atom. The maximum atomic E-state index is 13.2. The third kappa shape index (κ3) is 3.85. The number of rotatable bonds is 5. The lowest BCUT2D eigenvalue weighted by molar-refractivity contribution is 0.106. The van der Waals surface area contributed by atoms with Gasteiger partial charge < -0.3 is 10.5 Å². The first-order chi connectivity index (χ1) is 9.58. The molecule has 2 N–H and O–H groups in total. The number of benzene rings is 2. The second-order valence-electron chi connectivity index (χ2n) is 4.25. The van der Waals surface area contributed by atoms with Crippen LogP contribution >= 0.6 is 28.1 Å². The van der Waals surface area contributed by atoms with E-state index in [1.165, 1.54) is 12.1 Å². The lowest BCUT2D eigenvalue weighted by Crippen LogP contribution is -2.13. The molecular formula is C15H13BrFNOS. The first-order valence-electron chi connectivity index (χ1n) is 5.97. The fraction of sp³-hybridized carbons (Fsp3) is 0.133. The van der Waals surface area contributed by atoms with Gasteiger partial charge in [0.05, 0.1) is 13.2 Å². The Morgan fingerprint density at radius 2 is 1.85 bits per heavy atom. The molecule has 0 radical (unpaired) electrons. The van der Waals surface area contributed by atoms with Crippen LogP contribution in [0.4, 0.5) is 4.39 Å². The summed E-state index contributed by atoms with van der Waals surface area (Å²) in [6.45, 7) is 0.782. The van der Waals surface area contributed by atoms with Crippen molar-refractivity contribution in [2.24, 2.45) is 5.73 Å². The van der Waals surface area contributed by atoms with E-state index in [2.05, 4.69) is 15.9 Å². The monoisotopic (exact) mass is 353 g/mol. The molecule has 0 saturated carbocycles. The topological polar surface area (TPSA) is 35.2 Å². The first kappa shape index (κ1) is 15.1. The summed E-state index contributed by atoms with van der Waals surface area (Å²) in [6.07, 6.45) is 0. The summed E-state index contributed by atoms with van der Waals surface area (Å²) in [5.74, 6) is -0.359. The summed E-state index contributed by atoms with van der Waals surface area (Å²) in [5, 5.41) is 0. The Morgan fingerprint density at radius 1 is 1.15 bits per heavy atom. The molecule has 0 amide bonds. The standard InChI is InChI=1S/C15H13BrFNOS/c16-14-4-2-1-3-11(14)9-19-8-10-5-6-12(17)7-13(10)15(18)20/h1-7H,8-9H2,(H2,18,20). The third-order valence-electron chi connectivity index (χ3n) is 2.81. The Labute approximate surface area is 130 Å². The molecule has 0 aliphatic carbocycles. The van der Waals surface area contributed by atoms with E-state index in [9.17, 15) is 4.39 Å². The molecular weight excluding hydrogens is 341 g/mol. The van der Waals surface area contributed by atoms with Gasteiger partial charge in [0.25, 0.3) is 0 Å². The quantitative estimate of drug-likeness (QED) is 0.826. The highest BCUT2D eigenvalue weighted by Crippen LogP contribution is 2.18. The van der Waals surface area contributed by atoms with Crippen LogP contribution in [0.2, 0.25) is 0 Å². The average molecular weight is 354 g/mol. The molecule has 2 aromatic carbocycles. The normalized spacial score (nSPS) is 10.5. The second-order valence-corrected chi connectivity index (χ2v) is 5.54. The van der Waals surface area contributed by atoms with Gasteiger partial charge in [-0.25, -0.2) is 4.39 Å². The molecule has 2 aromatic rings. The molecule has 2 nitrogen and oxygen atoms in total. The van der Waals surface area contributed by atoms with Crippen molar-refractivity contribution in [3.8, 4) is 0 Å². The molecule has 0 heterocycles. The van der Waals surface area contributed by atoms with E-state index in [0.717, 1.165) is 15.6 Å². The SMILES string of the molecule is NC(=S)c1cc(F)ccc1COCc1ccccc1Br. The second kappa shape index (κ2) is 6.92. The van der Waals surface area contributed by atoms with E-state index < -0.39 is 0 Å². The predicted molar refractivity (Wildman–Crippen MR) is 84.9 cm³/mol. The number of hydrogen-bond donors (Lipinski definition) is 1. The van der Waals surface area contributed by atoms with Crippen molar-refractivity contribution in [3.63, 3.8) is 0 Å². The molecule has 2 rings (SSSR count). The van der Waals surface area contributed by atoms with E-state index in [1.807, 2.05) is 24.3 Å². The van der Waals surface area contributed by atoms with Crippen LogP contribution in [0, 0.1) is 5.82 Å². The van der Waals surface area contributed by atoms with E-state index in [1.54, 1.807) is 6.07 Å². The molecule has 5 heteroatoms. The van der Waals surface area contributed by atoms with Crippen molar-refractivity contribution in [3.05, 3.63) is 69.4 Å². The van der Waals surface area contributed by atoms with E-state index in [4.69, 9.17) is 22.7 Å². The van der Waals surface area contributed by atoms with Crippen LogP contribution < -0.4 is 5.73 Å². The van der Waals surface area contributed by atoms with Gasteiger partial charge in [-0.05, 0) is 29.3 Å². The van der Waals surface area contributed by atoms with Crippen LogP contribution in [0.3, 0.4) is 0 Å². The zero-order chi connectivity index (χ0) is 14.5. The number of hydrogen-bond acceptors (Lipinski definition) is 2. The van der Waals surface area contributed by atoms with Crippen LogP contribution in [0.5, 0.6) is 0 Å². The lowest BCUT2D eigenvalue weighted by Gasteiger charge is -2.10. The number of halogens is 2. The molecule has 104 valence electrons. The summed E-state index contributed by atoms with van der Waals surface area (Å²) in [7, 11) is 0. The smallest absolute Gasteiger partial charge is 0.123 e. The highest BCUT2D eigenvalue weighted by Gasteiger charge is 2.07. The fourth-order valence-electron chi connectivity index (χ4n) is 1.79. The van der Waals surface area contributed by atoms with Crippen LogP contribution in [0.25, 0.3) is 0 Å². The maximum absolute atomic E-state index is 13.2. The van der Waals surface area contributed by atoms with Gasteiger partial charge in [-0.3, -0.25) is 0 Å². The Kier molecular flexibility index (Phi) is 5.23. The summed E-state index contributed by atoms with van der Waals surface area (Å²) in [6, 6.07) is 12.2. The molecule has 0 fully saturated rings. The molecule has 0 aliphatic heterocycles. The van der Waals surface area contributed by atoms with E-state index in [-0.39, 0.29) is 10.8 Å². The third-order valence-corrected chi connectivity index (χ3v) is 3.80. The summed E-state index contributed by atoms with van der Waals surface area (Å²) in [5.41, 5.74) is 7.94. The minimum atomic E-state index is -0.359. The van der Waals surface area contributed by atoms with Crippen LogP contribution in [-0.2, 0) is 18.0 Å². The van der Waals surface area contributed by atoms with Crippen LogP contribution in [0.1, 0.15) is 16.7 Å². The lowest BCUT2D eigenvalue weighted by atomic mass is 10.1. The Bertz CT molecular complexity index is 633. The van der Waals surface area contributed by atoms with Crippen molar-refractivity contribution in [1.82, 2.24) is 0 Å². The first-order valence-corrected chi connectivity index (χ1v) is 7.17. The van der Waals surface area contributed by atoms with Crippen molar-refractivity contribution >= 4 is 33.1 Å². The van der Waals surface area contributed by atoms with Gasteiger partial charge in [0, 0.05) is 10.0 Å². The van der Waals surface area contributed by atoms with Crippen LogP contribution in [-0.4, -0.2) is 4.99 Å². The van der Waals surface area contributed by atoms with E-state index >= 15 is 0 Å². The van der Waals surface area contributed by atoms with Gasteiger partial charge >= 0.3 is 0 Å². The minimum Gasteiger partial charge on any atom is -0.389 e. The van der Waals surface area contributed by atoms with Gasteiger partial charge in [0.2, 0.25) is 0 Å². The Balaban J connectivity index is 2.05. The van der Waals surface area contributed by atoms with Crippen molar-refractivity contribution in [2.45, 2.75) is 13.2 Å². The van der Waals surface area contributed by atoms with Crippen molar-refractivity contribution in [1.29, 1.82) is 0 Å². The van der Waals surface area contributed by atoms with Crippen molar-refractivity contribution in [2.75, 3.05) is 0 Å². The van der Waals surface area contributed by atoms with Gasteiger partial charge in [-0.2, -0.15) is 0 Å². The number of nitrogens with two attached hydrogens (primary N) is 1. The summed E-state index contributed by atoms with van der Waals surface area (Å²) >= 11 is 8.38. The molecule has 0 saturated heterocycles. The minimum absolute atomic E-state index is 0.170. The molecule has 0 aliphatic rings. The summed E-state index contributed by atoms with van der Waals surface area (Å²) < 4.78 is 19.8.